The molecule has 1 saturated heterocycles. The molecule has 2 fully saturated rings. The summed E-state index contributed by atoms with van der Waals surface area (Å²) in [5.74, 6) is -1.60. The van der Waals surface area contributed by atoms with Gasteiger partial charge < -0.3 is 10.0 Å². The monoisotopic (exact) mass is 593 g/mol. The Bertz CT molecular complexity index is 1290. The first kappa shape index (κ1) is 29.9. The lowest BCUT2D eigenvalue weighted by Gasteiger charge is -2.53. The second kappa shape index (κ2) is 12.2. The van der Waals surface area contributed by atoms with Crippen LogP contribution in [0.1, 0.15) is 81.9 Å². The summed E-state index contributed by atoms with van der Waals surface area (Å²) in [6, 6.07) is 13.8. The van der Waals surface area contributed by atoms with Crippen LogP contribution < -0.4 is 0 Å². The molecule has 0 aromatic heterocycles. The third-order valence-corrected chi connectivity index (χ3v) is 10.6. The van der Waals surface area contributed by atoms with Crippen LogP contribution >= 0.6 is 23.2 Å². The van der Waals surface area contributed by atoms with Crippen LogP contribution in [0.2, 0.25) is 10.0 Å². The summed E-state index contributed by atoms with van der Waals surface area (Å²) in [5.41, 5.74) is 0.572. The minimum absolute atomic E-state index is 0.0534. The van der Waals surface area contributed by atoms with Crippen LogP contribution in [-0.4, -0.2) is 47.8 Å². The Kier molecular flexibility index (Phi) is 9.34. The van der Waals surface area contributed by atoms with Crippen LogP contribution in [0.25, 0.3) is 0 Å². The molecule has 0 unspecified atom stereocenters. The molecular formula is C30H37Cl2NO5S. The lowest BCUT2D eigenvalue weighted by Crippen LogP contribution is -2.59. The lowest BCUT2D eigenvalue weighted by molar-refractivity contribution is -0.162. The summed E-state index contributed by atoms with van der Waals surface area (Å²) in [6.07, 6.45) is 3.34. The molecule has 4 atom stereocenters. The second-order valence-electron chi connectivity index (χ2n) is 11.2. The topological polar surface area (TPSA) is 91.8 Å². The Morgan fingerprint density at radius 2 is 1.77 bits per heavy atom. The maximum absolute atomic E-state index is 14.6. The second-order valence-corrected chi connectivity index (χ2v) is 14.3. The van der Waals surface area contributed by atoms with Crippen LogP contribution in [0, 0.1) is 11.3 Å². The van der Waals surface area contributed by atoms with Gasteiger partial charge in [0.15, 0.2) is 9.84 Å². The van der Waals surface area contributed by atoms with E-state index in [-0.39, 0.29) is 35.7 Å². The average Bonchev–Trinajstić information content (AvgIpc) is 3.73. The number of benzene rings is 2. The van der Waals surface area contributed by atoms with E-state index in [4.69, 9.17) is 23.2 Å². The zero-order valence-corrected chi connectivity index (χ0v) is 24.8. The van der Waals surface area contributed by atoms with Crippen LogP contribution in [0.15, 0.2) is 48.5 Å². The van der Waals surface area contributed by atoms with Gasteiger partial charge in [0, 0.05) is 22.0 Å². The molecule has 39 heavy (non-hydrogen) atoms. The van der Waals surface area contributed by atoms with Gasteiger partial charge in [0.1, 0.15) is 0 Å². The SMILES string of the molecule is CCCCS(=O)(=O)C[C@H](C1CC1)N1C(=O)[C@@](CC)(CC(=O)O)C[C@H](c2cccc(Cl)c2)[C@H]1c1ccc(Cl)cc1. The largest absolute Gasteiger partial charge is 0.481 e. The molecule has 1 aliphatic carbocycles. The van der Waals surface area contributed by atoms with Crippen molar-refractivity contribution in [2.75, 3.05) is 11.5 Å². The van der Waals surface area contributed by atoms with Gasteiger partial charge in [-0.05, 0) is 73.4 Å². The van der Waals surface area contributed by atoms with Gasteiger partial charge in [-0.2, -0.15) is 0 Å². The van der Waals surface area contributed by atoms with E-state index in [1.807, 2.05) is 44.2 Å². The normalized spacial score (nSPS) is 24.5. The fourth-order valence-electron chi connectivity index (χ4n) is 6.15. The van der Waals surface area contributed by atoms with Gasteiger partial charge in [-0.15, -0.1) is 0 Å². The van der Waals surface area contributed by atoms with Crippen molar-refractivity contribution in [3.63, 3.8) is 0 Å². The first-order chi connectivity index (χ1) is 18.5. The summed E-state index contributed by atoms with van der Waals surface area (Å²) in [6.45, 7) is 3.80. The fourth-order valence-corrected chi connectivity index (χ4v) is 8.32. The number of rotatable bonds is 12. The predicted molar refractivity (Wildman–Crippen MR) is 155 cm³/mol. The van der Waals surface area contributed by atoms with E-state index in [9.17, 15) is 23.1 Å². The maximum Gasteiger partial charge on any atom is 0.304 e. The molecule has 1 heterocycles. The number of hydrogen-bond acceptors (Lipinski definition) is 4. The average molecular weight is 595 g/mol. The molecule has 4 rings (SSSR count). The summed E-state index contributed by atoms with van der Waals surface area (Å²) in [5, 5.41) is 11.0. The van der Waals surface area contributed by atoms with E-state index in [1.165, 1.54) is 0 Å². The van der Waals surface area contributed by atoms with Crippen molar-refractivity contribution in [2.24, 2.45) is 11.3 Å². The number of hydrogen-bond donors (Lipinski definition) is 1. The van der Waals surface area contributed by atoms with Gasteiger partial charge in [-0.1, -0.05) is 67.7 Å². The van der Waals surface area contributed by atoms with Crippen LogP contribution in [0.3, 0.4) is 0 Å². The van der Waals surface area contributed by atoms with Gasteiger partial charge in [-0.25, -0.2) is 8.42 Å². The van der Waals surface area contributed by atoms with E-state index >= 15 is 0 Å². The predicted octanol–water partition coefficient (Wildman–Crippen LogP) is 6.92. The first-order valence-electron chi connectivity index (χ1n) is 13.8. The molecule has 0 radical (unpaired) electrons. The number of carbonyl (C=O) groups is 2. The van der Waals surface area contributed by atoms with Crippen molar-refractivity contribution in [1.82, 2.24) is 4.90 Å². The van der Waals surface area contributed by atoms with Crippen LogP contribution in [0.4, 0.5) is 0 Å². The highest BCUT2D eigenvalue weighted by Gasteiger charge is 2.56. The Balaban J connectivity index is 1.92. The fraction of sp³-hybridized carbons (Fsp3) is 0.533. The zero-order chi connectivity index (χ0) is 28.4. The van der Waals surface area contributed by atoms with Gasteiger partial charge in [-0.3, -0.25) is 9.59 Å². The van der Waals surface area contributed by atoms with Gasteiger partial charge in [0.05, 0.1) is 29.4 Å². The molecule has 212 valence electrons. The number of piperidine rings is 1. The summed E-state index contributed by atoms with van der Waals surface area (Å²) in [4.78, 5) is 28.5. The minimum Gasteiger partial charge on any atom is -0.481 e. The highest BCUT2D eigenvalue weighted by molar-refractivity contribution is 7.91. The van der Waals surface area contributed by atoms with E-state index in [0.717, 1.165) is 30.4 Å². The van der Waals surface area contributed by atoms with Crippen molar-refractivity contribution in [3.8, 4) is 0 Å². The number of likely N-dealkylation sites (tertiary alicyclic amines) is 1. The van der Waals surface area contributed by atoms with Crippen LogP contribution in [0.5, 0.6) is 0 Å². The third-order valence-electron chi connectivity index (χ3n) is 8.39. The molecule has 2 aromatic carbocycles. The van der Waals surface area contributed by atoms with Crippen molar-refractivity contribution in [1.29, 1.82) is 0 Å². The van der Waals surface area contributed by atoms with Crippen molar-refractivity contribution in [3.05, 3.63) is 69.7 Å². The summed E-state index contributed by atoms with van der Waals surface area (Å²) < 4.78 is 26.6. The zero-order valence-electron chi connectivity index (χ0n) is 22.5. The standard InChI is InChI=1S/C30H37Cl2NO5S/c1-3-5-15-39(37,38)19-26(20-9-10-20)33-28(21-11-13-23(31)14-12-21)25(22-7-6-8-24(32)16-22)17-30(4-2,29(33)36)18-27(34)35/h6-8,11-14,16,20,25-26,28H,3-5,9-10,15,17-19H2,1-2H3,(H,34,35)/t25-,26-,28-,30-/m1/s1. The van der Waals surface area contributed by atoms with E-state index in [2.05, 4.69) is 0 Å². The molecule has 1 saturated carbocycles. The quantitative estimate of drug-likeness (QED) is 0.288. The number of amides is 1. The lowest BCUT2D eigenvalue weighted by atomic mass is 9.65. The van der Waals surface area contributed by atoms with Crippen LogP contribution in [-0.2, 0) is 19.4 Å². The molecule has 1 N–H and O–H groups in total. The number of unbranched alkanes of at least 4 members (excludes halogenated alkanes) is 1. The number of halogens is 2. The molecule has 0 spiro atoms. The number of carboxylic acids is 1. The van der Waals surface area contributed by atoms with E-state index in [0.29, 0.717) is 29.3 Å². The number of carboxylic acid groups (broad SMARTS) is 1. The Morgan fingerprint density at radius 1 is 1.08 bits per heavy atom. The first-order valence-corrected chi connectivity index (χ1v) is 16.3. The highest BCUT2D eigenvalue weighted by atomic mass is 35.5. The Morgan fingerprint density at radius 3 is 2.33 bits per heavy atom. The molecule has 2 aromatic rings. The number of nitrogens with zero attached hydrogens (tertiary/aromatic N) is 1. The maximum atomic E-state index is 14.6. The van der Waals surface area contributed by atoms with Gasteiger partial charge in [0.25, 0.3) is 0 Å². The van der Waals surface area contributed by atoms with Gasteiger partial charge >= 0.3 is 5.97 Å². The minimum atomic E-state index is -3.44. The Hall–Kier alpha value is -2.09. The van der Waals surface area contributed by atoms with Crippen molar-refractivity contribution < 1.29 is 23.1 Å². The molecular weight excluding hydrogens is 557 g/mol. The number of sulfone groups is 1. The molecule has 1 amide bonds. The Labute approximate surface area is 241 Å². The van der Waals surface area contributed by atoms with E-state index < -0.39 is 33.3 Å². The summed E-state index contributed by atoms with van der Waals surface area (Å²) >= 11 is 12.7. The highest BCUT2D eigenvalue weighted by Crippen LogP contribution is 2.55. The number of aliphatic carboxylic acids is 1. The molecule has 0 bridgehead atoms. The molecule has 9 heteroatoms. The summed E-state index contributed by atoms with van der Waals surface area (Å²) in [7, 11) is -3.44. The van der Waals surface area contributed by atoms with Gasteiger partial charge in [0.2, 0.25) is 5.91 Å². The van der Waals surface area contributed by atoms with Crippen molar-refractivity contribution >= 4 is 44.9 Å². The number of carbonyl (C=O) groups excluding carboxylic acids is 1. The van der Waals surface area contributed by atoms with E-state index in [1.54, 1.807) is 23.1 Å². The molecule has 6 nitrogen and oxygen atoms in total. The molecule has 1 aliphatic heterocycles. The smallest absolute Gasteiger partial charge is 0.304 e. The molecule has 2 aliphatic rings. The van der Waals surface area contributed by atoms with Crippen molar-refractivity contribution in [2.45, 2.75) is 76.8 Å². The third kappa shape index (κ3) is 6.80.